The van der Waals surface area contributed by atoms with Crippen molar-refractivity contribution in [2.24, 2.45) is 0 Å². The summed E-state index contributed by atoms with van der Waals surface area (Å²) < 4.78 is 5.48. The third-order valence-electron chi connectivity index (χ3n) is 4.94. The molecule has 0 fully saturated rings. The number of carbonyl (C=O) groups is 4. The zero-order valence-corrected chi connectivity index (χ0v) is 18.0. The van der Waals surface area contributed by atoms with Crippen LogP contribution in [-0.4, -0.2) is 45.3 Å². The molecule has 31 heavy (non-hydrogen) atoms. The van der Waals surface area contributed by atoms with Crippen LogP contribution in [0.15, 0.2) is 24.3 Å². The van der Waals surface area contributed by atoms with Crippen LogP contribution in [0.25, 0.3) is 0 Å². The average Bonchev–Trinajstić information content (AvgIpc) is 2.69. The molecule has 8 heteroatoms. The molecule has 8 nitrogen and oxygen atoms in total. The number of ether oxygens (including phenoxy) is 1. The summed E-state index contributed by atoms with van der Waals surface area (Å²) in [7, 11) is 0. The Balaban J connectivity index is 3.05. The molecule has 0 aliphatic carbocycles. The fourth-order valence-electron chi connectivity index (χ4n) is 3.35. The van der Waals surface area contributed by atoms with Crippen molar-refractivity contribution in [2.45, 2.75) is 71.3 Å². The van der Waals surface area contributed by atoms with E-state index in [1.54, 1.807) is 6.92 Å². The number of carbonyl (C=O) groups excluding carboxylic acids is 1. The van der Waals surface area contributed by atoms with Gasteiger partial charge in [0.05, 0.1) is 16.7 Å². The van der Waals surface area contributed by atoms with Crippen LogP contribution in [0.2, 0.25) is 0 Å². The number of hydrogen-bond donors (Lipinski definition) is 3. The van der Waals surface area contributed by atoms with Gasteiger partial charge in [-0.2, -0.15) is 0 Å². The molecular weight excluding hydrogens is 404 g/mol. The van der Waals surface area contributed by atoms with E-state index in [9.17, 15) is 34.5 Å². The van der Waals surface area contributed by atoms with E-state index in [1.165, 1.54) is 0 Å². The van der Waals surface area contributed by atoms with E-state index in [-0.39, 0.29) is 23.1 Å². The van der Waals surface area contributed by atoms with Gasteiger partial charge in [-0.1, -0.05) is 32.8 Å². The van der Waals surface area contributed by atoms with Gasteiger partial charge in [0.15, 0.2) is 0 Å². The number of aromatic carboxylic acids is 3. The molecule has 1 unspecified atom stereocenters. The van der Waals surface area contributed by atoms with Gasteiger partial charge in [0.25, 0.3) is 0 Å². The summed E-state index contributed by atoms with van der Waals surface area (Å²) in [6.45, 7) is 7.21. The summed E-state index contributed by atoms with van der Waals surface area (Å²) in [5.74, 6) is -4.79. The number of unbranched alkanes of at least 4 members (excludes halogenated alkanes) is 3. The zero-order valence-electron chi connectivity index (χ0n) is 18.0. The SMILES string of the molecule is C=C(C)C(=O)OC(CCCCCC)CCCc1c(C(=O)O)ccc(C(=O)O)c1C(=O)O. The highest BCUT2D eigenvalue weighted by Crippen LogP contribution is 2.24. The lowest BCUT2D eigenvalue weighted by atomic mass is 9.91. The van der Waals surface area contributed by atoms with Crippen LogP contribution in [0, 0.1) is 0 Å². The van der Waals surface area contributed by atoms with Crippen molar-refractivity contribution in [1.82, 2.24) is 0 Å². The fraction of sp³-hybridized carbons (Fsp3) is 0.478. The highest BCUT2D eigenvalue weighted by Gasteiger charge is 2.25. The summed E-state index contributed by atoms with van der Waals surface area (Å²) in [6, 6.07) is 2.10. The molecule has 1 atom stereocenters. The van der Waals surface area contributed by atoms with Gasteiger partial charge in [-0.3, -0.25) is 0 Å². The topological polar surface area (TPSA) is 138 Å². The summed E-state index contributed by atoms with van der Waals surface area (Å²) in [4.78, 5) is 46.6. The second-order valence-electron chi connectivity index (χ2n) is 7.48. The minimum Gasteiger partial charge on any atom is -0.478 e. The first-order chi connectivity index (χ1) is 14.6. The van der Waals surface area contributed by atoms with Gasteiger partial charge in [0.2, 0.25) is 0 Å². The third kappa shape index (κ3) is 7.88. The monoisotopic (exact) mass is 434 g/mol. The molecule has 0 aliphatic rings. The van der Waals surface area contributed by atoms with Crippen molar-refractivity contribution < 1.29 is 39.2 Å². The largest absolute Gasteiger partial charge is 0.478 e. The van der Waals surface area contributed by atoms with E-state index in [4.69, 9.17) is 4.74 Å². The van der Waals surface area contributed by atoms with Gasteiger partial charge in [0, 0.05) is 5.57 Å². The smallest absolute Gasteiger partial charge is 0.336 e. The van der Waals surface area contributed by atoms with Crippen LogP contribution < -0.4 is 0 Å². The first kappa shape index (κ1) is 25.9. The van der Waals surface area contributed by atoms with E-state index in [2.05, 4.69) is 13.5 Å². The van der Waals surface area contributed by atoms with Crippen molar-refractivity contribution in [3.05, 3.63) is 46.5 Å². The maximum atomic E-state index is 11.9. The van der Waals surface area contributed by atoms with E-state index in [0.29, 0.717) is 19.3 Å². The predicted octanol–water partition coefficient (Wildman–Crippen LogP) is 4.56. The van der Waals surface area contributed by atoms with E-state index in [0.717, 1.165) is 37.8 Å². The van der Waals surface area contributed by atoms with Crippen LogP contribution in [0.1, 0.15) is 95.4 Å². The minimum atomic E-state index is -1.50. The fourth-order valence-corrected chi connectivity index (χ4v) is 3.35. The molecule has 0 radical (unpaired) electrons. The van der Waals surface area contributed by atoms with Gasteiger partial charge in [-0.15, -0.1) is 0 Å². The standard InChI is InChI=1S/C23H30O8/c1-4-5-6-7-9-15(31-23(30)14(2)3)10-8-11-16-17(20(24)25)12-13-18(21(26)27)19(16)22(28)29/h12-13,15H,2,4-11H2,1,3H3,(H,24,25)(H,26,27)(H,28,29). The second kappa shape index (κ2) is 12.5. The Hall–Kier alpha value is -3.16. The number of benzene rings is 1. The highest BCUT2D eigenvalue weighted by atomic mass is 16.5. The Morgan fingerprint density at radius 2 is 1.48 bits per heavy atom. The van der Waals surface area contributed by atoms with E-state index in [1.807, 2.05) is 0 Å². The molecule has 0 aliphatic heterocycles. The van der Waals surface area contributed by atoms with Crippen LogP contribution in [0.3, 0.4) is 0 Å². The van der Waals surface area contributed by atoms with Gasteiger partial charge in [0.1, 0.15) is 6.10 Å². The van der Waals surface area contributed by atoms with Crippen LogP contribution in [0.4, 0.5) is 0 Å². The van der Waals surface area contributed by atoms with Crippen LogP contribution >= 0.6 is 0 Å². The number of carboxylic acid groups (broad SMARTS) is 3. The first-order valence-electron chi connectivity index (χ1n) is 10.3. The third-order valence-corrected chi connectivity index (χ3v) is 4.94. The Morgan fingerprint density at radius 3 is 2.00 bits per heavy atom. The lowest BCUT2D eigenvalue weighted by Crippen LogP contribution is -2.20. The van der Waals surface area contributed by atoms with Crippen molar-refractivity contribution in [3.63, 3.8) is 0 Å². The predicted molar refractivity (Wildman–Crippen MR) is 114 cm³/mol. The lowest BCUT2D eigenvalue weighted by Gasteiger charge is -2.19. The van der Waals surface area contributed by atoms with Crippen molar-refractivity contribution in [3.8, 4) is 0 Å². The van der Waals surface area contributed by atoms with Crippen LogP contribution in [-0.2, 0) is 16.0 Å². The second-order valence-corrected chi connectivity index (χ2v) is 7.48. The molecule has 1 aromatic carbocycles. The molecule has 170 valence electrons. The average molecular weight is 434 g/mol. The summed E-state index contributed by atoms with van der Waals surface area (Å²) in [5, 5.41) is 28.3. The van der Waals surface area contributed by atoms with Gasteiger partial charge in [-0.05, 0) is 56.7 Å². The summed E-state index contributed by atoms with van der Waals surface area (Å²) in [5.41, 5.74) is -1.01. The normalized spacial score (nSPS) is 11.5. The van der Waals surface area contributed by atoms with E-state index >= 15 is 0 Å². The zero-order chi connectivity index (χ0) is 23.6. The Morgan fingerprint density at radius 1 is 0.903 bits per heavy atom. The van der Waals surface area contributed by atoms with E-state index < -0.39 is 41.1 Å². The molecule has 0 aromatic heterocycles. The van der Waals surface area contributed by atoms with Gasteiger partial charge in [-0.25, -0.2) is 19.2 Å². The number of hydrogen-bond acceptors (Lipinski definition) is 5. The minimum absolute atomic E-state index is 0.0282. The highest BCUT2D eigenvalue weighted by molar-refractivity contribution is 6.05. The molecule has 0 saturated heterocycles. The van der Waals surface area contributed by atoms with Gasteiger partial charge < -0.3 is 20.1 Å². The Labute approximate surface area is 181 Å². The summed E-state index contributed by atoms with van der Waals surface area (Å²) >= 11 is 0. The number of esters is 1. The Kier molecular flexibility index (Phi) is 10.4. The number of rotatable bonds is 14. The molecule has 1 aromatic rings. The molecule has 0 spiro atoms. The van der Waals surface area contributed by atoms with Crippen molar-refractivity contribution >= 4 is 23.9 Å². The van der Waals surface area contributed by atoms with Gasteiger partial charge >= 0.3 is 23.9 Å². The van der Waals surface area contributed by atoms with Crippen molar-refractivity contribution in [2.75, 3.05) is 0 Å². The maximum Gasteiger partial charge on any atom is 0.336 e. The molecule has 1 rings (SSSR count). The molecule has 0 bridgehead atoms. The van der Waals surface area contributed by atoms with Crippen molar-refractivity contribution in [1.29, 1.82) is 0 Å². The molecule has 3 N–H and O–H groups in total. The van der Waals surface area contributed by atoms with Crippen LogP contribution in [0.5, 0.6) is 0 Å². The number of carboxylic acids is 3. The lowest BCUT2D eigenvalue weighted by molar-refractivity contribution is -0.145. The molecular formula is C23H30O8. The molecule has 0 heterocycles. The molecule has 0 saturated carbocycles. The molecule has 0 amide bonds. The summed E-state index contributed by atoms with van der Waals surface area (Å²) in [6.07, 6.45) is 4.93. The first-order valence-corrected chi connectivity index (χ1v) is 10.3. The quantitative estimate of drug-likeness (QED) is 0.220. The Bertz CT molecular complexity index is 840. The maximum absolute atomic E-state index is 11.9.